The van der Waals surface area contributed by atoms with Gasteiger partial charge in [-0.15, -0.1) is 0 Å². The number of nitrogens with zero attached hydrogens (tertiary/aromatic N) is 4. The molecule has 146 valence electrons. The molecule has 28 heavy (non-hydrogen) atoms. The molecule has 3 atom stereocenters. The molecule has 3 unspecified atom stereocenters. The van der Waals surface area contributed by atoms with Gasteiger partial charge in [0.1, 0.15) is 18.3 Å². The van der Waals surface area contributed by atoms with Gasteiger partial charge in [0.15, 0.2) is 17.2 Å². The van der Waals surface area contributed by atoms with Crippen LogP contribution in [0.4, 0.5) is 5.69 Å². The highest BCUT2D eigenvalue weighted by Gasteiger charge is 2.27. The molecule has 0 amide bonds. The van der Waals surface area contributed by atoms with Crippen LogP contribution in [0.1, 0.15) is 5.56 Å². The number of nitrogens with one attached hydrogen (secondary N) is 1. The predicted molar refractivity (Wildman–Crippen MR) is 97.1 cm³/mol. The molecule has 3 rings (SSSR count). The number of hydrogen-bond acceptors (Lipinski definition) is 8. The molecule has 2 heterocycles. The highest BCUT2D eigenvalue weighted by molar-refractivity contribution is 5.84. The molecule has 5 N–H and O–H groups in total. The average molecular weight is 387 g/mol. The minimum Gasteiger partial charge on any atom is -0.394 e. The summed E-state index contributed by atoms with van der Waals surface area (Å²) < 4.78 is 1.28. The van der Waals surface area contributed by atoms with Gasteiger partial charge in [-0.25, -0.2) is 14.6 Å². The molecule has 2 aliphatic heterocycles. The highest BCUT2D eigenvalue weighted by atomic mass is 16.4. The normalized spacial score (nSPS) is 14.7. The van der Waals surface area contributed by atoms with E-state index in [1.165, 1.54) is 10.6 Å². The van der Waals surface area contributed by atoms with Crippen molar-refractivity contribution in [2.45, 2.75) is 31.8 Å². The summed E-state index contributed by atoms with van der Waals surface area (Å²) in [5, 5.41) is 38.8. The summed E-state index contributed by atoms with van der Waals surface area (Å²) in [6.45, 7) is 7.82. The van der Waals surface area contributed by atoms with E-state index in [2.05, 4.69) is 14.8 Å². The standard InChI is InChI=1S/C17H17N5O6/c1-7-3-9-10(4-8(7)18-2)22(5-11(24)14(26)12(25)6-23)15-13(19-9)16(27)21-17(28)20-15/h3-4,11-12,14,23-26H,5-6H2,1H3,(H,21,27,28). The van der Waals surface area contributed by atoms with Crippen LogP contribution < -0.4 is 11.2 Å². The highest BCUT2D eigenvalue weighted by Crippen LogP contribution is 2.28. The van der Waals surface area contributed by atoms with Crippen LogP contribution in [0.5, 0.6) is 0 Å². The van der Waals surface area contributed by atoms with Gasteiger partial charge < -0.3 is 25.0 Å². The van der Waals surface area contributed by atoms with Crippen molar-refractivity contribution in [2.75, 3.05) is 6.61 Å². The minimum absolute atomic E-state index is 0.147. The molecule has 0 aromatic heterocycles. The fourth-order valence-corrected chi connectivity index (χ4v) is 2.90. The summed E-state index contributed by atoms with van der Waals surface area (Å²) >= 11 is 0. The summed E-state index contributed by atoms with van der Waals surface area (Å²) in [4.78, 5) is 37.3. The Morgan fingerprint density at radius 2 is 1.93 bits per heavy atom. The molecule has 11 nitrogen and oxygen atoms in total. The van der Waals surface area contributed by atoms with Crippen LogP contribution in [0.3, 0.4) is 0 Å². The fraction of sp³-hybridized carbons (Fsp3) is 0.353. The zero-order chi connectivity index (χ0) is 20.6. The Bertz CT molecular complexity index is 1160. The third-order valence-corrected chi connectivity index (χ3v) is 4.39. The van der Waals surface area contributed by atoms with Gasteiger partial charge in [0.05, 0.1) is 30.8 Å². The fourth-order valence-electron chi connectivity index (χ4n) is 2.90. The molecule has 0 fully saturated rings. The largest absolute Gasteiger partial charge is 0.394 e. The molecule has 0 bridgehead atoms. The number of fused-ring (bicyclic) bond motifs is 2. The second-order valence-electron chi connectivity index (χ2n) is 6.31. The SMILES string of the molecule is [C-]#[N+]c1cc2c(cc1C)nc1c(=O)[nH]c(=O)nc-1n2CC(O)C(O)C(O)CO. The van der Waals surface area contributed by atoms with Gasteiger partial charge in [0, 0.05) is 0 Å². The number of H-pyrrole nitrogens is 1. The van der Waals surface area contributed by atoms with E-state index in [1.807, 2.05) is 4.98 Å². The molecule has 11 heteroatoms. The van der Waals surface area contributed by atoms with E-state index < -0.39 is 36.2 Å². The number of aromatic amines is 1. The summed E-state index contributed by atoms with van der Waals surface area (Å²) in [6.07, 6.45) is -4.87. The second-order valence-corrected chi connectivity index (χ2v) is 6.31. The number of rotatable bonds is 5. The third kappa shape index (κ3) is 3.37. The minimum atomic E-state index is -1.70. The summed E-state index contributed by atoms with van der Waals surface area (Å²) in [6, 6.07) is 3.05. The number of hydrogen-bond donors (Lipinski definition) is 5. The first-order chi connectivity index (χ1) is 13.3. The van der Waals surface area contributed by atoms with Gasteiger partial charge in [0.2, 0.25) is 0 Å². The molecular weight excluding hydrogens is 370 g/mol. The van der Waals surface area contributed by atoms with Gasteiger partial charge >= 0.3 is 5.69 Å². The van der Waals surface area contributed by atoms with Gasteiger partial charge in [0.25, 0.3) is 5.56 Å². The molecule has 0 spiro atoms. The number of benzene rings is 1. The van der Waals surface area contributed by atoms with E-state index in [0.717, 1.165) is 0 Å². The van der Waals surface area contributed by atoms with Gasteiger partial charge in [-0.1, -0.05) is 0 Å². The van der Waals surface area contributed by atoms with Crippen molar-refractivity contribution >= 4 is 16.7 Å². The third-order valence-electron chi connectivity index (χ3n) is 4.39. The lowest BCUT2D eigenvalue weighted by Crippen LogP contribution is -2.42. The van der Waals surface area contributed by atoms with Crippen LogP contribution in [-0.2, 0) is 6.54 Å². The summed E-state index contributed by atoms with van der Waals surface area (Å²) in [5.74, 6) is -0.147. The van der Waals surface area contributed by atoms with Gasteiger partial charge in [-0.05, 0) is 24.6 Å². The summed E-state index contributed by atoms with van der Waals surface area (Å²) in [5.41, 5.74) is -0.342. The Labute approximate surface area is 157 Å². The van der Waals surface area contributed by atoms with E-state index in [4.69, 9.17) is 11.7 Å². The van der Waals surface area contributed by atoms with Gasteiger partial charge in [-0.3, -0.25) is 9.78 Å². The zero-order valence-electron chi connectivity index (χ0n) is 14.7. The van der Waals surface area contributed by atoms with Gasteiger partial charge in [-0.2, -0.15) is 4.98 Å². The lowest BCUT2D eigenvalue weighted by Gasteiger charge is -2.25. The predicted octanol–water partition coefficient (Wildman–Crippen LogP) is -1.48. The second kappa shape index (κ2) is 7.45. The number of aliphatic hydroxyl groups excluding tert-OH is 4. The molecule has 0 saturated heterocycles. The maximum Gasteiger partial charge on any atom is 0.349 e. The number of aryl methyl sites for hydroxylation is 1. The first-order valence-corrected chi connectivity index (χ1v) is 8.24. The molecule has 0 radical (unpaired) electrons. The van der Waals surface area contributed by atoms with Crippen LogP contribution in [0.15, 0.2) is 21.7 Å². The van der Waals surface area contributed by atoms with Crippen LogP contribution in [0, 0.1) is 13.5 Å². The Morgan fingerprint density at radius 3 is 2.57 bits per heavy atom. The van der Waals surface area contributed by atoms with Crippen molar-refractivity contribution in [3.8, 4) is 11.5 Å². The van der Waals surface area contributed by atoms with Crippen LogP contribution in [0.2, 0.25) is 0 Å². The first kappa shape index (κ1) is 19.6. The average Bonchev–Trinajstić information content (AvgIpc) is 2.66. The maximum atomic E-state index is 12.2. The quantitative estimate of drug-likeness (QED) is 0.261. The Kier molecular flexibility index (Phi) is 5.21. The Morgan fingerprint density at radius 1 is 1.21 bits per heavy atom. The van der Waals surface area contributed by atoms with Crippen molar-refractivity contribution in [1.29, 1.82) is 0 Å². The summed E-state index contributed by atoms with van der Waals surface area (Å²) in [7, 11) is 0. The van der Waals surface area contributed by atoms with Crippen LogP contribution in [-0.4, -0.2) is 64.9 Å². The Balaban J connectivity index is 2.31. The maximum absolute atomic E-state index is 12.2. The van der Waals surface area contributed by atoms with Crippen molar-refractivity contribution in [1.82, 2.24) is 19.5 Å². The van der Waals surface area contributed by atoms with E-state index in [1.54, 1.807) is 13.0 Å². The van der Waals surface area contributed by atoms with Crippen LogP contribution in [0.25, 0.3) is 27.4 Å². The monoisotopic (exact) mass is 387 g/mol. The molecular formula is C17H17N5O6. The molecule has 1 aromatic carbocycles. The molecule has 0 saturated carbocycles. The molecule has 2 aliphatic rings. The Hall–Kier alpha value is -3.17. The first-order valence-electron chi connectivity index (χ1n) is 8.24. The van der Waals surface area contributed by atoms with Crippen LogP contribution >= 0.6 is 0 Å². The smallest absolute Gasteiger partial charge is 0.349 e. The lowest BCUT2D eigenvalue weighted by molar-refractivity contribution is -0.0802. The number of aromatic nitrogens is 4. The van der Waals surface area contributed by atoms with E-state index in [0.29, 0.717) is 22.3 Å². The topological polar surface area (TPSA) is 166 Å². The van der Waals surface area contributed by atoms with E-state index in [-0.39, 0.29) is 18.1 Å². The van der Waals surface area contributed by atoms with E-state index >= 15 is 0 Å². The van der Waals surface area contributed by atoms with Crippen molar-refractivity contribution in [3.05, 3.63) is 50.0 Å². The molecule has 0 aliphatic carbocycles. The molecule has 1 aromatic rings. The lowest BCUT2D eigenvalue weighted by atomic mass is 10.1. The van der Waals surface area contributed by atoms with Crippen molar-refractivity contribution in [3.63, 3.8) is 0 Å². The van der Waals surface area contributed by atoms with Crippen molar-refractivity contribution < 1.29 is 20.4 Å². The zero-order valence-corrected chi connectivity index (χ0v) is 14.7. The number of aliphatic hydroxyl groups is 4. The van der Waals surface area contributed by atoms with Crippen molar-refractivity contribution in [2.24, 2.45) is 0 Å². The van der Waals surface area contributed by atoms with E-state index in [9.17, 15) is 24.9 Å².